The Balaban J connectivity index is 0. The van der Waals surface area contributed by atoms with E-state index in [1.165, 1.54) is 5.56 Å². The molecule has 1 aromatic carbocycles. The van der Waals surface area contributed by atoms with E-state index >= 15 is 0 Å². The first-order valence-electron chi connectivity index (χ1n) is 7.23. The molecule has 0 N–H and O–H groups in total. The summed E-state index contributed by atoms with van der Waals surface area (Å²) in [6, 6.07) is 10.5. The number of nitrogens with zero attached hydrogens (tertiary/aromatic N) is 2. The predicted octanol–water partition coefficient (Wildman–Crippen LogP) is 4.61. The molecule has 1 heterocycles. The lowest BCUT2D eigenvalue weighted by molar-refractivity contribution is 0.463. The lowest BCUT2D eigenvalue weighted by Gasteiger charge is -2.12. The minimum Gasteiger partial charge on any atom is -0.357 e. The molecular weight excluding hydrogens is 220 g/mol. The summed E-state index contributed by atoms with van der Waals surface area (Å²) >= 11 is 0. The van der Waals surface area contributed by atoms with Crippen LogP contribution in [0.4, 0.5) is 0 Å². The molecule has 2 rings (SSSR count). The van der Waals surface area contributed by atoms with Crippen LogP contribution in [0.2, 0.25) is 0 Å². The molecule has 2 heteroatoms. The van der Waals surface area contributed by atoms with Crippen molar-refractivity contribution in [3.63, 3.8) is 0 Å². The van der Waals surface area contributed by atoms with E-state index in [-0.39, 0.29) is 0 Å². The maximum absolute atomic E-state index is 4.16. The van der Waals surface area contributed by atoms with Gasteiger partial charge in [0.05, 0.1) is 12.9 Å². The highest BCUT2D eigenvalue weighted by molar-refractivity contribution is 5.57. The van der Waals surface area contributed by atoms with Gasteiger partial charge in [-0.05, 0) is 5.56 Å². The zero-order valence-electron chi connectivity index (χ0n) is 13.0. The summed E-state index contributed by atoms with van der Waals surface area (Å²) in [7, 11) is 0. The molecule has 0 saturated carbocycles. The van der Waals surface area contributed by atoms with E-state index in [1.54, 1.807) is 0 Å². The Morgan fingerprint density at radius 2 is 1.50 bits per heavy atom. The van der Waals surface area contributed by atoms with Crippen LogP contribution >= 0.6 is 0 Å². The van der Waals surface area contributed by atoms with Gasteiger partial charge in [-0.2, -0.15) is 0 Å². The van der Waals surface area contributed by atoms with Crippen LogP contribution in [0, 0.1) is 0 Å². The average Bonchev–Trinajstić information content (AvgIpc) is 2.99. The lowest BCUT2D eigenvalue weighted by Crippen LogP contribution is -2.18. The second-order valence-electron chi connectivity index (χ2n) is 2.98. The maximum atomic E-state index is 4.16. The van der Waals surface area contributed by atoms with E-state index < -0.39 is 0 Å². The zero-order valence-corrected chi connectivity index (χ0v) is 13.0. The highest BCUT2D eigenvalue weighted by atomic mass is 15.2. The van der Waals surface area contributed by atoms with Gasteiger partial charge < -0.3 is 4.90 Å². The molecular formula is C16H30N2. The van der Waals surface area contributed by atoms with Crippen molar-refractivity contribution in [3.8, 4) is 0 Å². The standard InChI is InChI=1S/C10H12N2.3C2H6/c1-2-4-10(5-3-1)8-12-7-6-11-9-12;3*1-2/h1-5,9H,6-8H2;3*1-2H3. The Bertz CT molecular complexity index is 268. The van der Waals surface area contributed by atoms with Crippen molar-refractivity contribution < 1.29 is 0 Å². The predicted molar refractivity (Wildman–Crippen MR) is 84.3 cm³/mol. The van der Waals surface area contributed by atoms with Gasteiger partial charge >= 0.3 is 0 Å². The highest BCUT2D eigenvalue weighted by Crippen LogP contribution is 2.04. The topological polar surface area (TPSA) is 15.6 Å². The fraction of sp³-hybridized carbons (Fsp3) is 0.562. The second-order valence-corrected chi connectivity index (χ2v) is 2.98. The Morgan fingerprint density at radius 3 is 1.94 bits per heavy atom. The van der Waals surface area contributed by atoms with E-state index in [1.807, 2.05) is 53.9 Å². The molecule has 0 spiro atoms. The van der Waals surface area contributed by atoms with Crippen molar-refractivity contribution in [2.75, 3.05) is 13.1 Å². The van der Waals surface area contributed by atoms with E-state index in [4.69, 9.17) is 0 Å². The third kappa shape index (κ3) is 8.80. The van der Waals surface area contributed by atoms with Crippen molar-refractivity contribution in [1.29, 1.82) is 0 Å². The van der Waals surface area contributed by atoms with Crippen LogP contribution in [0.5, 0.6) is 0 Å². The smallest absolute Gasteiger partial charge is 0.0854 e. The average molecular weight is 250 g/mol. The third-order valence-corrected chi connectivity index (χ3v) is 1.99. The van der Waals surface area contributed by atoms with Crippen LogP contribution in [0.25, 0.3) is 0 Å². The van der Waals surface area contributed by atoms with E-state index in [0.717, 1.165) is 19.6 Å². The molecule has 2 nitrogen and oxygen atoms in total. The van der Waals surface area contributed by atoms with Gasteiger partial charge in [-0.3, -0.25) is 4.99 Å². The number of benzene rings is 1. The molecule has 0 radical (unpaired) electrons. The van der Waals surface area contributed by atoms with Gasteiger partial charge in [0.2, 0.25) is 0 Å². The summed E-state index contributed by atoms with van der Waals surface area (Å²) in [6.07, 6.45) is 1.94. The summed E-state index contributed by atoms with van der Waals surface area (Å²) in [5.41, 5.74) is 1.35. The molecule has 0 saturated heterocycles. The van der Waals surface area contributed by atoms with E-state index in [0.29, 0.717) is 0 Å². The normalized spacial score (nSPS) is 11.3. The van der Waals surface area contributed by atoms with Crippen LogP contribution in [-0.2, 0) is 6.54 Å². The molecule has 0 aromatic heterocycles. The van der Waals surface area contributed by atoms with Crippen molar-refractivity contribution in [2.45, 2.75) is 48.1 Å². The largest absolute Gasteiger partial charge is 0.357 e. The van der Waals surface area contributed by atoms with Gasteiger partial charge in [0.1, 0.15) is 0 Å². The first-order valence-corrected chi connectivity index (χ1v) is 7.23. The molecule has 0 amide bonds. The lowest BCUT2D eigenvalue weighted by atomic mass is 10.2. The fourth-order valence-corrected chi connectivity index (χ4v) is 1.35. The quantitative estimate of drug-likeness (QED) is 0.748. The number of hydrogen-bond acceptors (Lipinski definition) is 2. The first kappa shape index (κ1) is 19.0. The molecule has 0 fully saturated rings. The van der Waals surface area contributed by atoms with E-state index in [2.05, 4.69) is 34.2 Å². The molecule has 0 atom stereocenters. The molecule has 1 aliphatic heterocycles. The highest BCUT2D eigenvalue weighted by Gasteiger charge is 2.04. The van der Waals surface area contributed by atoms with Crippen molar-refractivity contribution in [1.82, 2.24) is 4.90 Å². The molecule has 104 valence electrons. The van der Waals surface area contributed by atoms with Gasteiger partial charge in [-0.25, -0.2) is 0 Å². The van der Waals surface area contributed by atoms with Gasteiger partial charge in [0.25, 0.3) is 0 Å². The Hall–Kier alpha value is -1.31. The third-order valence-electron chi connectivity index (χ3n) is 1.99. The molecule has 18 heavy (non-hydrogen) atoms. The van der Waals surface area contributed by atoms with Crippen molar-refractivity contribution in [2.24, 2.45) is 4.99 Å². The van der Waals surface area contributed by atoms with Gasteiger partial charge in [0, 0.05) is 13.1 Å². The zero-order chi connectivity index (χ0) is 14.2. The summed E-state index contributed by atoms with van der Waals surface area (Å²) < 4.78 is 0. The van der Waals surface area contributed by atoms with Crippen molar-refractivity contribution in [3.05, 3.63) is 35.9 Å². The van der Waals surface area contributed by atoms with Gasteiger partial charge in [0.15, 0.2) is 0 Å². The van der Waals surface area contributed by atoms with Crippen LogP contribution < -0.4 is 0 Å². The fourth-order valence-electron chi connectivity index (χ4n) is 1.35. The summed E-state index contributed by atoms with van der Waals surface area (Å²) in [6.45, 7) is 15.0. The van der Waals surface area contributed by atoms with Crippen LogP contribution in [-0.4, -0.2) is 24.3 Å². The maximum Gasteiger partial charge on any atom is 0.0854 e. The van der Waals surface area contributed by atoms with Crippen LogP contribution in [0.15, 0.2) is 35.3 Å². The van der Waals surface area contributed by atoms with Crippen LogP contribution in [0.1, 0.15) is 47.1 Å². The Kier molecular flexibility index (Phi) is 16.6. The summed E-state index contributed by atoms with van der Waals surface area (Å²) in [4.78, 5) is 6.39. The molecule has 1 aromatic rings. The van der Waals surface area contributed by atoms with Crippen LogP contribution in [0.3, 0.4) is 0 Å². The monoisotopic (exact) mass is 250 g/mol. The molecule has 0 aliphatic carbocycles. The van der Waals surface area contributed by atoms with Gasteiger partial charge in [-0.1, -0.05) is 71.9 Å². The summed E-state index contributed by atoms with van der Waals surface area (Å²) in [5, 5.41) is 0. The van der Waals surface area contributed by atoms with E-state index in [9.17, 15) is 0 Å². The number of hydrogen-bond donors (Lipinski definition) is 0. The Morgan fingerprint density at radius 1 is 0.944 bits per heavy atom. The number of aliphatic imine (C=N–C) groups is 1. The Labute approximate surface area is 114 Å². The SMILES string of the molecule is C1=NCCN1Cc1ccccc1.CC.CC.CC. The minimum atomic E-state index is 0.951. The molecule has 1 aliphatic rings. The first-order chi connectivity index (χ1) is 8.95. The second kappa shape index (κ2) is 15.7. The van der Waals surface area contributed by atoms with Crippen molar-refractivity contribution >= 4 is 6.34 Å². The summed E-state index contributed by atoms with van der Waals surface area (Å²) in [5.74, 6) is 0. The molecule has 0 unspecified atom stereocenters. The van der Waals surface area contributed by atoms with Gasteiger partial charge in [-0.15, -0.1) is 0 Å². The molecule has 0 bridgehead atoms. The minimum absolute atomic E-state index is 0.951. The number of rotatable bonds is 2.